The number of aromatic nitrogens is 2. The molecule has 0 unspecified atom stereocenters. The molecular weight excluding hydrogens is 317 g/mol. The number of amides is 1. The Morgan fingerprint density at radius 1 is 1.19 bits per heavy atom. The van der Waals surface area contributed by atoms with Crippen LogP contribution in [0.4, 0.5) is 10.4 Å². The first-order valence-electron chi connectivity index (χ1n) is 5.78. The molecule has 0 bridgehead atoms. The molecular formula is C13H7ClFN3O2S. The summed E-state index contributed by atoms with van der Waals surface area (Å²) in [7, 11) is 0. The zero-order chi connectivity index (χ0) is 14.8. The van der Waals surface area contributed by atoms with Crippen LogP contribution in [0, 0.1) is 5.82 Å². The van der Waals surface area contributed by atoms with Crippen molar-refractivity contribution in [1.29, 1.82) is 0 Å². The molecule has 0 atom stereocenters. The van der Waals surface area contributed by atoms with E-state index in [1.54, 1.807) is 12.1 Å². The van der Waals surface area contributed by atoms with Crippen molar-refractivity contribution in [2.45, 2.75) is 0 Å². The Morgan fingerprint density at radius 2 is 1.95 bits per heavy atom. The van der Waals surface area contributed by atoms with E-state index >= 15 is 0 Å². The molecule has 0 saturated heterocycles. The quantitative estimate of drug-likeness (QED) is 0.795. The molecule has 0 spiro atoms. The highest BCUT2D eigenvalue weighted by Gasteiger charge is 2.14. The predicted octanol–water partition coefficient (Wildman–Crippen LogP) is 3.84. The molecule has 0 aliphatic rings. The van der Waals surface area contributed by atoms with Crippen molar-refractivity contribution in [3.8, 4) is 10.8 Å². The van der Waals surface area contributed by atoms with Crippen LogP contribution >= 0.6 is 22.9 Å². The molecule has 3 rings (SSSR count). The molecule has 1 N–H and O–H groups in total. The number of anilines is 1. The summed E-state index contributed by atoms with van der Waals surface area (Å²) in [6, 6.07) is 8.53. The van der Waals surface area contributed by atoms with Gasteiger partial charge in [0.25, 0.3) is 11.8 Å². The summed E-state index contributed by atoms with van der Waals surface area (Å²) in [6.07, 6.45) is 0. The topological polar surface area (TPSA) is 68.0 Å². The highest BCUT2D eigenvalue weighted by Crippen LogP contribution is 2.30. The van der Waals surface area contributed by atoms with Crippen molar-refractivity contribution in [3.63, 3.8) is 0 Å². The van der Waals surface area contributed by atoms with Gasteiger partial charge in [-0.2, -0.15) is 0 Å². The number of nitrogens with zero attached hydrogens (tertiary/aromatic N) is 2. The number of nitrogens with one attached hydrogen (secondary N) is 1. The summed E-state index contributed by atoms with van der Waals surface area (Å²) in [6.45, 7) is 0. The van der Waals surface area contributed by atoms with E-state index in [1.807, 2.05) is 0 Å². The number of carbonyl (C=O) groups excluding carboxylic acids is 1. The van der Waals surface area contributed by atoms with Gasteiger partial charge >= 0.3 is 6.01 Å². The van der Waals surface area contributed by atoms with Crippen molar-refractivity contribution in [3.05, 3.63) is 52.1 Å². The van der Waals surface area contributed by atoms with Crippen LogP contribution < -0.4 is 5.32 Å². The van der Waals surface area contributed by atoms with Crippen LogP contribution in [0.1, 0.15) is 10.4 Å². The lowest BCUT2D eigenvalue weighted by molar-refractivity contribution is 0.102. The third kappa shape index (κ3) is 3.09. The smallest absolute Gasteiger partial charge is 0.322 e. The maximum atomic E-state index is 12.8. The van der Waals surface area contributed by atoms with E-state index in [9.17, 15) is 9.18 Å². The van der Waals surface area contributed by atoms with Crippen molar-refractivity contribution in [1.82, 2.24) is 10.2 Å². The van der Waals surface area contributed by atoms with Crippen LogP contribution in [0.25, 0.3) is 10.8 Å². The van der Waals surface area contributed by atoms with Crippen LogP contribution in [0.2, 0.25) is 4.34 Å². The Labute approximate surface area is 127 Å². The Bertz CT molecular complexity index is 785. The van der Waals surface area contributed by atoms with Gasteiger partial charge in [-0.25, -0.2) is 4.39 Å². The van der Waals surface area contributed by atoms with E-state index in [0.29, 0.717) is 9.21 Å². The fourth-order valence-electron chi connectivity index (χ4n) is 1.57. The maximum Gasteiger partial charge on any atom is 0.322 e. The van der Waals surface area contributed by atoms with Crippen molar-refractivity contribution < 1.29 is 13.6 Å². The molecule has 0 radical (unpaired) electrons. The van der Waals surface area contributed by atoms with Crippen molar-refractivity contribution in [2.24, 2.45) is 0 Å². The Hall–Kier alpha value is -2.25. The minimum atomic E-state index is -0.464. The number of hydrogen-bond donors (Lipinski definition) is 1. The van der Waals surface area contributed by atoms with Gasteiger partial charge in [-0.1, -0.05) is 16.7 Å². The molecule has 2 aromatic heterocycles. The van der Waals surface area contributed by atoms with Crippen molar-refractivity contribution >= 4 is 34.9 Å². The van der Waals surface area contributed by atoms with Crippen LogP contribution in [0.3, 0.4) is 0 Å². The molecule has 5 nitrogen and oxygen atoms in total. The summed E-state index contributed by atoms with van der Waals surface area (Å²) >= 11 is 7.11. The maximum absolute atomic E-state index is 12.8. The molecule has 0 aliphatic heterocycles. The van der Waals surface area contributed by atoms with E-state index in [-0.39, 0.29) is 17.5 Å². The van der Waals surface area contributed by atoms with E-state index in [4.69, 9.17) is 16.0 Å². The Morgan fingerprint density at radius 3 is 2.62 bits per heavy atom. The molecule has 8 heteroatoms. The number of thiophene rings is 1. The molecule has 0 fully saturated rings. The van der Waals surface area contributed by atoms with E-state index in [0.717, 1.165) is 0 Å². The number of hydrogen-bond acceptors (Lipinski definition) is 5. The first kappa shape index (κ1) is 13.7. The zero-order valence-corrected chi connectivity index (χ0v) is 11.9. The number of halogens is 2. The van der Waals surface area contributed by atoms with E-state index < -0.39 is 11.7 Å². The van der Waals surface area contributed by atoms with Gasteiger partial charge in [0.2, 0.25) is 0 Å². The van der Waals surface area contributed by atoms with Gasteiger partial charge in [0, 0.05) is 5.56 Å². The molecule has 1 aromatic carbocycles. The second-order valence-corrected chi connectivity index (χ2v) is 5.69. The largest absolute Gasteiger partial charge is 0.402 e. The third-order valence-corrected chi connectivity index (χ3v) is 3.76. The minimum Gasteiger partial charge on any atom is -0.402 e. The third-order valence-electron chi connectivity index (χ3n) is 2.54. The van der Waals surface area contributed by atoms with Gasteiger partial charge in [-0.3, -0.25) is 10.1 Å². The summed E-state index contributed by atoms with van der Waals surface area (Å²) in [4.78, 5) is 12.6. The van der Waals surface area contributed by atoms with E-state index in [2.05, 4.69) is 15.5 Å². The Kier molecular flexibility index (Phi) is 3.68. The van der Waals surface area contributed by atoms with Crippen LogP contribution in [0.5, 0.6) is 0 Å². The summed E-state index contributed by atoms with van der Waals surface area (Å²) in [5, 5.41) is 9.99. The monoisotopic (exact) mass is 323 g/mol. The summed E-state index contributed by atoms with van der Waals surface area (Å²) < 4.78 is 18.7. The lowest BCUT2D eigenvalue weighted by atomic mass is 10.2. The lowest BCUT2D eigenvalue weighted by Gasteiger charge is -1.99. The SMILES string of the molecule is O=C(Nc1nnc(-c2ccc(Cl)s2)o1)c1ccc(F)cc1. The van der Waals surface area contributed by atoms with Gasteiger partial charge in [0.05, 0.1) is 9.21 Å². The van der Waals surface area contributed by atoms with Gasteiger partial charge in [0.15, 0.2) is 0 Å². The lowest BCUT2D eigenvalue weighted by Crippen LogP contribution is -2.12. The molecule has 21 heavy (non-hydrogen) atoms. The summed E-state index contributed by atoms with van der Waals surface area (Å²) in [5.41, 5.74) is 0.287. The van der Waals surface area contributed by atoms with Gasteiger partial charge in [-0.15, -0.1) is 16.4 Å². The molecule has 2 heterocycles. The fourth-order valence-corrected chi connectivity index (χ4v) is 2.54. The first-order valence-corrected chi connectivity index (χ1v) is 6.97. The van der Waals surface area contributed by atoms with Gasteiger partial charge < -0.3 is 4.42 Å². The van der Waals surface area contributed by atoms with Crippen LogP contribution in [-0.4, -0.2) is 16.1 Å². The number of carbonyl (C=O) groups is 1. The van der Waals surface area contributed by atoms with Crippen LogP contribution in [-0.2, 0) is 0 Å². The highest BCUT2D eigenvalue weighted by molar-refractivity contribution is 7.19. The second kappa shape index (κ2) is 5.63. The molecule has 1 amide bonds. The number of benzene rings is 1. The molecule has 3 aromatic rings. The molecule has 106 valence electrons. The zero-order valence-electron chi connectivity index (χ0n) is 10.3. The summed E-state index contributed by atoms with van der Waals surface area (Å²) in [5.74, 6) is -0.614. The standard InChI is InChI=1S/C13H7ClFN3O2S/c14-10-6-5-9(21-10)12-17-18-13(20-12)16-11(19)7-1-3-8(15)4-2-7/h1-6H,(H,16,18,19). The van der Waals surface area contributed by atoms with Crippen LogP contribution in [0.15, 0.2) is 40.8 Å². The average Bonchev–Trinajstić information content (AvgIpc) is 3.08. The number of rotatable bonds is 3. The average molecular weight is 324 g/mol. The Balaban J connectivity index is 1.75. The fraction of sp³-hybridized carbons (Fsp3) is 0. The van der Waals surface area contributed by atoms with Gasteiger partial charge in [0.1, 0.15) is 5.82 Å². The first-order chi connectivity index (χ1) is 10.1. The molecule has 0 aliphatic carbocycles. The predicted molar refractivity (Wildman–Crippen MR) is 77.0 cm³/mol. The molecule has 0 saturated carbocycles. The minimum absolute atomic E-state index is 0.0381. The second-order valence-electron chi connectivity index (χ2n) is 3.98. The normalized spacial score (nSPS) is 10.6. The van der Waals surface area contributed by atoms with E-state index in [1.165, 1.54) is 35.6 Å². The highest BCUT2D eigenvalue weighted by atomic mass is 35.5. The van der Waals surface area contributed by atoms with Crippen molar-refractivity contribution in [2.75, 3.05) is 5.32 Å². The van der Waals surface area contributed by atoms with Gasteiger partial charge in [-0.05, 0) is 36.4 Å².